The van der Waals surface area contributed by atoms with E-state index in [0.717, 1.165) is 5.56 Å². The molecule has 8 nitrogen and oxygen atoms in total. The Hall–Kier alpha value is -2.71. The van der Waals surface area contributed by atoms with Crippen molar-refractivity contribution in [3.05, 3.63) is 47.8 Å². The quantitative estimate of drug-likeness (QED) is 0.824. The van der Waals surface area contributed by atoms with Gasteiger partial charge in [0.25, 0.3) is 5.91 Å². The predicted molar refractivity (Wildman–Crippen MR) is 89.4 cm³/mol. The molecule has 2 heterocycles. The van der Waals surface area contributed by atoms with E-state index in [1.807, 2.05) is 0 Å². The minimum absolute atomic E-state index is 0.185. The Morgan fingerprint density at radius 3 is 2.88 bits per heavy atom. The molecule has 1 saturated heterocycles. The monoisotopic (exact) mass is 344 g/mol. The summed E-state index contributed by atoms with van der Waals surface area (Å²) in [5.41, 5.74) is 6.02. The number of nitrogens with zero attached hydrogens (tertiary/aromatic N) is 3. The minimum Gasteiger partial charge on any atom is -0.478 e. The van der Waals surface area contributed by atoms with Crippen LogP contribution in [0.5, 0.6) is 0 Å². The van der Waals surface area contributed by atoms with E-state index in [0.29, 0.717) is 31.9 Å². The van der Waals surface area contributed by atoms with Gasteiger partial charge in [-0.1, -0.05) is 12.1 Å². The van der Waals surface area contributed by atoms with E-state index in [2.05, 4.69) is 10.00 Å². The highest BCUT2D eigenvalue weighted by Crippen LogP contribution is 2.20. The van der Waals surface area contributed by atoms with Gasteiger partial charge in [-0.2, -0.15) is 5.10 Å². The summed E-state index contributed by atoms with van der Waals surface area (Å²) in [4.78, 5) is 25.0. The molecule has 3 N–H and O–H groups in total. The fraction of sp³-hybridized carbons (Fsp3) is 0.353. The number of aromatic carboxylic acids is 1. The van der Waals surface area contributed by atoms with Crippen LogP contribution in [0.15, 0.2) is 36.7 Å². The van der Waals surface area contributed by atoms with Gasteiger partial charge in [0.1, 0.15) is 0 Å². The molecule has 1 aromatic carbocycles. The second-order valence-corrected chi connectivity index (χ2v) is 6.27. The van der Waals surface area contributed by atoms with Gasteiger partial charge in [-0.3, -0.25) is 9.69 Å². The van der Waals surface area contributed by atoms with Crippen molar-refractivity contribution in [3.8, 4) is 5.69 Å². The van der Waals surface area contributed by atoms with Gasteiger partial charge in [-0.15, -0.1) is 0 Å². The van der Waals surface area contributed by atoms with Crippen LogP contribution in [-0.2, 0) is 16.1 Å². The maximum Gasteiger partial charge on any atom is 0.337 e. The van der Waals surface area contributed by atoms with Gasteiger partial charge in [-0.05, 0) is 19.1 Å². The Kier molecular flexibility index (Phi) is 4.56. The number of nitrogens with two attached hydrogens (primary N) is 1. The fourth-order valence-electron chi connectivity index (χ4n) is 2.92. The largest absolute Gasteiger partial charge is 0.478 e. The van der Waals surface area contributed by atoms with Crippen LogP contribution in [-0.4, -0.2) is 57.0 Å². The van der Waals surface area contributed by atoms with Crippen LogP contribution in [0.25, 0.3) is 5.69 Å². The number of para-hydroxylation sites is 1. The van der Waals surface area contributed by atoms with Gasteiger partial charge >= 0.3 is 5.97 Å². The molecular weight excluding hydrogens is 324 g/mol. The molecule has 2 aromatic rings. The Balaban J connectivity index is 1.77. The van der Waals surface area contributed by atoms with Crippen molar-refractivity contribution in [2.24, 2.45) is 5.73 Å². The van der Waals surface area contributed by atoms with Crippen LogP contribution in [0, 0.1) is 0 Å². The van der Waals surface area contributed by atoms with Crippen molar-refractivity contribution in [1.82, 2.24) is 14.7 Å². The number of amides is 1. The summed E-state index contributed by atoms with van der Waals surface area (Å²) in [5, 5.41) is 13.6. The number of hydrogen-bond donors (Lipinski definition) is 2. The Morgan fingerprint density at radius 2 is 2.16 bits per heavy atom. The number of aromatic nitrogens is 2. The number of rotatable bonds is 5. The lowest BCUT2D eigenvalue weighted by Gasteiger charge is -2.38. The van der Waals surface area contributed by atoms with E-state index in [1.54, 1.807) is 48.3 Å². The number of carboxylic acid groups (broad SMARTS) is 1. The van der Waals surface area contributed by atoms with Crippen LogP contribution in [0.3, 0.4) is 0 Å². The third-order valence-corrected chi connectivity index (χ3v) is 4.30. The third kappa shape index (κ3) is 3.54. The first-order chi connectivity index (χ1) is 11.9. The Bertz CT molecular complexity index is 803. The maximum absolute atomic E-state index is 11.6. The van der Waals surface area contributed by atoms with Crippen LogP contribution in [0.2, 0.25) is 0 Å². The highest BCUT2D eigenvalue weighted by molar-refractivity contribution is 5.91. The average molecular weight is 344 g/mol. The summed E-state index contributed by atoms with van der Waals surface area (Å²) in [6.07, 6.45) is 3.48. The van der Waals surface area contributed by atoms with E-state index in [1.165, 1.54) is 0 Å². The van der Waals surface area contributed by atoms with Gasteiger partial charge in [0, 0.05) is 31.4 Å². The number of carbonyl (C=O) groups excluding carboxylic acids is 1. The molecule has 1 aromatic heterocycles. The highest BCUT2D eigenvalue weighted by atomic mass is 16.5. The molecule has 0 saturated carbocycles. The molecule has 3 rings (SSSR count). The van der Waals surface area contributed by atoms with E-state index >= 15 is 0 Å². The van der Waals surface area contributed by atoms with Crippen molar-refractivity contribution in [2.75, 3.05) is 19.7 Å². The van der Waals surface area contributed by atoms with Gasteiger partial charge in [0.2, 0.25) is 0 Å². The molecule has 1 atom stereocenters. The standard InChI is InChI=1S/C17H20N4O4/c1-17(16(18)24)11-20(6-7-25-17)9-12-8-19-21(10-12)14-5-3-2-4-13(14)15(22)23/h2-5,8,10H,6-7,9,11H2,1H3,(H2,18,24)(H,22,23)/t17-/m0/s1. The van der Waals surface area contributed by atoms with Gasteiger partial charge in [0.05, 0.1) is 24.1 Å². The topological polar surface area (TPSA) is 111 Å². The summed E-state index contributed by atoms with van der Waals surface area (Å²) in [6.45, 7) is 3.77. The zero-order valence-electron chi connectivity index (χ0n) is 13.9. The second-order valence-electron chi connectivity index (χ2n) is 6.27. The van der Waals surface area contributed by atoms with Crippen molar-refractivity contribution in [2.45, 2.75) is 19.1 Å². The minimum atomic E-state index is -1.00. The second kappa shape index (κ2) is 6.66. The normalized spacial score (nSPS) is 21.2. The molecule has 132 valence electrons. The molecule has 1 amide bonds. The number of primary amides is 1. The van der Waals surface area contributed by atoms with Gasteiger partial charge in [-0.25, -0.2) is 9.48 Å². The molecule has 0 bridgehead atoms. The lowest BCUT2D eigenvalue weighted by atomic mass is 10.0. The molecule has 1 aliphatic heterocycles. The van der Waals surface area contributed by atoms with Crippen LogP contribution >= 0.6 is 0 Å². The molecular formula is C17H20N4O4. The summed E-state index contributed by atoms with van der Waals surface area (Å²) in [6, 6.07) is 6.69. The summed E-state index contributed by atoms with van der Waals surface area (Å²) in [7, 11) is 0. The van der Waals surface area contributed by atoms with E-state index in [4.69, 9.17) is 10.5 Å². The predicted octanol–water partition coefficient (Wildman–Crippen LogP) is 0.647. The van der Waals surface area contributed by atoms with Gasteiger partial charge < -0.3 is 15.6 Å². The van der Waals surface area contributed by atoms with E-state index in [-0.39, 0.29) is 5.56 Å². The SMILES string of the molecule is C[C@@]1(C(N)=O)CN(Cc2cnn(-c3ccccc3C(=O)O)c2)CCO1. The number of benzene rings is 1. The first-order valence-electron chi connectivity index (χ1n) is 7.91. The lowest BCUT2D eigenvalue weighted by Crippen LogP contribution is -2.56. The number of hydrogen-bond acceptors (Lipinski definition) is 5. The molecule has 25 heavy (non-hydrogen) atoms. The van der Waals surface area contributed by atoms with Gasteiger partial charge in [0.15, 0.2) is 5.60 Å². The number of ether oxygens (including phenoxy) is 1. The molecule has 8 heteroatoms. The van der Waals surface area contributed by atoms with E-state index < -0.39 is 17.5 Å². The highest BCUT2D eigenvalue weighted by Gasteiger charge is 2.37. The third-order valence-electron chi connectivity index (χ3n) is 4.30. The van der Waals surface area contributed by atoms with Crippen LogP contribution < -0.4 is 5.73 Å². The fourth-order valence-corrected chi connectivity index (χ4v) is 2.92. The summed E-state index contributed by atoms with van der Waals surface area (Å²) >= 11 is 0. The molecule has 0 aliphatic carbocycles. The lowest BCUT2D eigenvalue weighted by molar-refractivity contribution is -0.153. The van der Waals surface area contributed by atoms with Crippen molar-refractivity contribution in [1.29, 1.82) is 0 Å². The summed E-state index contributed by atoms with van der Waals surface area (Å²) < 4.78 is 7.06. The number of carbonyl (C=O) groups is 2. The molecule has 0 radical (unpaired) electrons. The Labute approximate surface area is 144 Å². The first-order valence-corrected chi connectivity index (χ1v) is 7.91. The number of carboxylic acids is 1. The van der Waals surface area contributed by atoms with E-state index in [9.17, 15) is 14.7 Å². The smallest absolute Gasteiger partial charge is 0.337 e. The molecule has 0 spiro atoms. The van der Waals surface area contributed by atoms with Crippen LogP contribution in [0.1, 0.15) is 22.8 Å². The summed E-state index contributed by atoms with van der Waals surface area (Å²) in [5.74, 6) is -1.48. The average Bonchev–Trinajstić information content (AvgIpc) is 3.03. The van der Waals surface area contributed by atoms with Crippen molar-refractivity contribution >= 4 is 11.9 Å². The maximum atomic E-state index is 11.6. The molecule has 1 fully saturated rings. The first kappa shape index (κ1) is 17.1. The van der Waals surface area contributed by atoms with Crippen LogP contribution in [0.4, 0.5) is 0 Å². The van der Waals surface area contributed by atoms with Crippen molar-refractivity contribution < 1.29 is 19.4 Å². The zero-order valence-corrected chi connectivity index (χ0v) is 13.9. The zero-order chi connectivity index (χ0) is 18.0. The molecule has 0 unspecified atom stereocenters. The van der Waals surface area contributed by atoms with Crippen molar-refractivity contribution in [3.63, 3.8) is 0 Å². The number of morpholine rings is 1. The molecule has 1 aliphatic rings. The Morgan fingerprint density at radius 1 is 1.40 bits per heavy atom.